The third-order valence-corrected chi connectivity index (χ3v) is 3.25. The van der Waals surface area contributed by atoms with Crippen LogP contribution in [0.5, 0.6) is 5.75 Å². The van der Waals surface area contributed by atoms with Crippen LogP contribution in [0.4, 0.5) is 8.78 Å². The van der Waals surface area contributed by atoms with Crippen LogP contribution in [-0.4, -0.2) is 25.0 Å². The number of para-hydroxylation sites is 1. The fourth-order valence-electron chi connectivity index (χ4n) is 2.33. The van der Waals surface area contributed by atoms with Crippen molar-refractivity contribution in [2.45, 2.75) is 38.3 Å². The highest BCUT2D eigenvalue weighted by molar-refractivity contribution is 5.99. The number of ether oxygens (including phenoxy) is 1. The number of hydrogen-bond acceptors (Lipinski definition) is 3. The molecule has 1 aromatic carbocycles. The summed E-state index contributed by atoms with van der Waals surface area (Å²) in [4.78, 5) is 12.2. The van der Waals surface area contributed by atoms with Gasteiger partial charge in [0, 0.05) is 12.5 Å². The molecular formula is C14H17F2NO2. The van der Waals surface area contributed by atoms with E-state index in [2.05, 4.69) is 10.1 Å². The number of benzene rings is 1. The molecule has 1 fully saturated rings. The quantitative estimate of drug-likeness (QED) is 0.835. The molecule has 1 unspecified atom stereocenters. The first-order valence-electron chi connectivity index (χ1n) is 6.47. The molecular weight excluding hydrogens is 252 g/mol. The van der Waals surface area contributed by atoms with Gasteiger partial charge in [0.05, 0.1) is 5.56 Å². The summed E-state index contributed by atoms with van der Waals surface area (Å²) in [6.45, 7) is -2.01. The predicted octanol–water partition coefficient (Wildman–Crippen LogP) is 3.00. The largest absolute Gasteiger partial charge is 0.434 e. The van der Waals surface area contributed by atoms with Crippen LogP contribution < -0.4 is 10.1 Å². The lowest BCUT2D eigenvalue weighted by molar-refractivity contribution is -0.0501. The number of rotatable bonds is 5. The Hall–Kier alpha value is -1.49. The molecule has 0 bridgehead atoms. The van der Waals surface area contributed by atoms with Crippen molar-refractivity contribution >= 4 is 5.78 Å². The molecule has 1 saturated heterocycles. The summed E-state index contributed by atoms with van der Waals surface area (Å²) in [5.41, 5.74) is 0.232. The lowest BCUT2D eigenvalue weighted by atomic mass is 9.96. The minimum absolute atomic E-state index is 0.0432. The van der Waals surface area contributed by atoms with E-state index in [1.807, 2.05) is 0 Å². The molecule has 104 valence electrons. The second-order valence-corrected chi connectivity index (χ2v) is 4.65. The number of piperidine rings is 1. The zero-order valence-electron chi connectivity index (χ0n) is 10.6. The molecule has 1 aromatic rings. The molecule has 0 aromatic heterocycles. The van der Waals surface area contributed by atoms with Crippen molar-refractivity contribution in [1.82, 2.24) is 5.32 Å². The van der Waals surface area contributed by atoms with Gasteiger partial charge in [0.25, 0.3) is 0 Å². The molecule has 0 radical (unpaired) electrons. The maximum absolute atomic E-state index is 12.3. The molecule has 0 aliphatic carbocycles. The fourth-order valence-corrected chi connectivity index (χ4v) is 2.33. The average molecular weight is 269 g/mol. The van der Waals surface area contributed by atoms with Crippen LogP contribution in [0.2, 0.25) is 0 Å². The molecule has 19 heavy (non-hydrogen) atoms. The van der Waals surface area contributed by atoms with Crippen LogP contribution in [0.3, 0.4) is 0 Å². The van der Waals surface area contributed by atoms with E-state index in [0.717, 1.165) is 25.8 Å². The van der Waals surface area contributed by atoms with Crippen molar-refractivity contribution < 1.29 is 18.3 Å². The van der Waals surface area contributed by atoms with E-state index in [9.17, 15) is 13.6 Å². The molecule has 3 nitrogen and oxygen atoms in total. The lowest BCUT2D eigenvalue weighted by Gasteiger charge is -2.23. The Bertz CT molecular complexity index is 431. The van der Waals surface area contributed by atoms with Gasteiger partial charge in [0.1, 0.15) is 5.75 Å². The van der Waals surface area contributed by atoms with Gasteiger partial charge in [-0.2, -0.15) is 8.78 Å². The first-order chi connectivity index (χ1) is 9.16. The third kappa shape index (κ3) is 3.99. The van der Waals surface area contributed by atoms with Gasteiger partial charge in [-0.25, -0.2) is 0 Å². The Kier molecular flexibility index (Phi) is 4.85. The predicted molar refractivity (Wildman–Crippen MR) is 67.7 cm³/mol. The van der Waals surface area contributed by atoms with Crippen molar-refractivity contribution in [3.8, 4) is 5.75 Å². The Balaban J connectivity index is 2.05. The number of ketones is 1. The van der Waals surface area contributed by atoms with E-state index in [1.54, 1.807) is 12.1 Å². The van der Waals surface area contributed by atoms with E-state index in [1.165, 1.54) is 12.1 Å². The zero-order valence-corrected chi connectivity index (χ0v) is 10.6. The summed E-state index contributed by atoms with van der Waals surface area (Å²) >= 11 is 0. The van der Waals surface area contributed by atoms with Gasteiger partial charge in [-0.05, 0) is 31.5 Å². The van der Waals surface area contributed by atoms with Gasteiger partial charge in [-0.1, -0.05) is 18.6 Å². The van der Waals surface area contributed by atoms with Crippen LogP contribution in [0.1, 0.15) is 36.0 Å². The second kappa shape index (κ2) is 6.61. The Labute approximate surface area is 111 Å². The highest BCUT2D eigenvalue weighted by Gasteiger charge is 2.20. The topological polar surface area (TPSA) is 38.3 Å². The number of carbonyl (C=O) groups is 1. The smallest absolute Gasteiger partial charge is 0.387 e. The number of halogens is 2. The maximum Gasteiger partial charge on any atom is 0.387 e. The summed E-state index contributed by atoms with van der Waals surface area (Å²) in [6.07, 6.45) is 3.49. The van der Waals surface area contributed by atoms with Crippen molar-refractivity contribution in [2.75, 3.05) is 6.54 Å². The van der Waals surface area contributed by atoms with Crippen LogP contribution in [0.25, 0.3) is 0 Å². The summed E-state index contributed by atoms with van der Waals surface area (Å²) < 4.78 is 28.9. The van der Waals surface area contributed by atoms with Crippen molar-refractivity contribution in [2.24, 2.45) is 0 Å². The number of hydrogen-bond donors (Lipinski definition) is 1. The fraction of sp³-hybridized carbons (Fsp3) is 0.500. The number of carbonyl (C=O) groups excluding carboxylic acids is 1. The Morgan fingerprint density at radius 3 is 2.84 bits per heavy atom. The number of alkyl halides is 2. The molecule has 1 heterocycles. The monoisotopic (exact) mass is 269 g/mol. The first kappa shape index (κ1) is 13.9. The molecule has 1 aliphatic rings. The van der Waals surface area contributed by atoms with E-state index >= 15 is 0 Å². The average Bonchev–Trinajstić information content (AvgIpc) is 2.39. The normalized spacial score (nSPS) is 19.4. The van der Waals surface area contributed by atoms with Crippen LogP contribution in [-0.2, 0) is 0 Å². The number of Topliss-reactive ketones (excluding diaryl/α,β-unsaturated/α-hetero) is 1. The van der Waals surface area contributed by atoms with Crippen LogP contribution in [0.15, 0.2) is 24.3 Å². The summed E-state index contributed by atoms with van der Waals surface area (Å²) in [5.74, 6) is -0.200. The molecule has 5 heteroatoms. The molecule has 1 aliphatic heterocycles. The van der Waals surface area contributed by atoms with E-state index < -0.39 is 6.61 Å². The van der Waals surface area contributed by atoms with Crippen molar-refractivity contribution in [3.63, 3.8) is 0 Å². The summed E-state index contributed by atoms with van der Waals surface area (Å²) in [5, 5.41) is 3.27. The van der Waals surface area contributed by atoms with Gasteiger partial charge >= 0.3 is 6.61 Å². The van der Waals surface area contributed by atoms with Gasteiger partial charge in [-0.15, -0.1) is 0 Å². The van der Waals surface area contributed by atoms with Gasteiger partial charge in [0.2, 0.25) is 0 Å². The minimum Gasteiger partial charge on any atom is -0.434 e. The minimum atomic E-state index is -2.92. The van der Waals surface area contributed by atoms with E-state index in [-0.39, 0.29) is 23.1 Å². The molecule has 0 spiro atoms. The van der Waals surface area contributed by atoms with Gasteiger partial charge in [0.15, 0.2) is 5.78 Å². The summed E-state index contributed by atoms with van der Waals surface area (Å²) in [7, 11) is 0. The van der Waals surface area contributed by atoms with Crippen molar-refractivity contribution in [1.29, 1.82) is 0 Å². The van der Waals surface area contributed by atoms with Gasteiger partial charge in [-0.3, -0.25) is 4.79 Å². The Morgan fingerprint density at radius 2 is 2.16 bits per heavy atom. The summed E-state index contributed by atoms with van der Waals surface area (Å²) in [6, 6.07) is 6.30. The van der Waals surface area contributed by atoms with Crippen LogP contribution >= 0.6 is 0 Å². The number of nitrogens with one attached hydrogen (secondary N) is 1. The highest BCUT2D eigenvalue weighted by atomic mass is 19.3. The second-order valence-electron chi connectivity index (χ2n) is 4.65. The molecule has 0 amide bonds. The molecule has 2 rings (SSSR count). The SMILES string of the molecule is O=C(CC1CCCCN1)c1ccccc1OC(F)F. The van der Waals surface area contributed by atoms with Crippen molar-refractivity contribution in [3.05, 3.63) is 29.8 Å². The zero-order chi connectivity index (χ0) is 13.7. The van der Waals surface area contributed by atoms with Crippen LogP contribution in [0, 0.1) is 0 Å². The van der Waals surface area contributed by atoms with E-state index in [0.29, 0.717) is 6.42 Å². The standard InChI is InChI=1S/C14H17F2NO2/c15-14(16)19-13-7-2-1-6-11(13)12(18)9-10-5-3-4-8-17-10/h1-2,6-7,10,14,17H,3-5,8-9H2. The lowest BCUT2D eigenvalue weighted by Crippen LogP contribution is -2.35. The first-order valence-corrected chi connectivity index (χ1v) is 6.47. The molecule has 1 atom stereocenters. The molecule has 1 N–H and O–H groups in total. The Morgan fingerprint density at radius 1 is 1.37 bits per heavy atom. The third-order valence-electron chi connectivity index (χ3n) is 3.25. The van der Waals surface area contributed by atoms with E-state index in [4.69, 9.17) is 0 Å². The molecule has 0 saturated carbocycles. The highest BCUT2D eigenvalue weighted by Crippen LogP contribution is 2.23. The maximum atomic E-state index is 12.3. The van der Waals surface area contributed by atoms with Gasteiger partial charge < -0.3 is 10.1 Å².